The highest BCUT2D eigenvalue weighted by Crippen LogP contribution is 2.18. The van der Waals surface area contributed by atoms with Gasteiger partial charge < -0.3 is 5.32 Å². The number of amides is 1. The summed E-state index contributed by atoms with van der Waals surface area (Å²) >= 11 is 1.60. The minimum Gasteiger partial charge on any atom is -0.351 e. The maximum Gasteiger partial charge on any atom is 0.261 e. The zero-order valence-electron chi connectivity index (χ0n) is 16.2. The largest absolute Gasteiger partial charge is 0.351 e. The van der Waals surface area contributed by atoms with Crippen molar-refractivity contribution in [2.24, 2.45) is 0 Å². The molecule has 0 aliphatic carbocycles. The first-order chi connectivity index (χ1) is 14.0. The second-order valence-electron chi connectivity index (χ2n) is 6.73. The molecule has 0 saturated carbocycles. The van der Waals surface area contributed by atoms with Gasteiger partial charge in [0.15, 0.2) is 0 Å². The lowest BCUT2D eigenvalue weighted by Gasteiger charge is -2.10. The van der Waals surface area contributed by atoms with Crippen LogP contribution in [0.15, 0.2) is 70.9 Å². The molecule has 2 aromatic carbocycles. The molecule has 2 N–H and O–H groups in total. The van der Waals surface area contributed by atoms with E-state index in [1.54, 1.807) is 47.7 Å². The average Bonchev–Trinajstić information content (AvgIpc) is 3.22. The molecule has 5 nitrogen and oxygen atoms in total. The summed E-state index contributed by atoms with van der Waals surface area (Å²) in [5, 5.41) is 4.85. The van der Waals surface area contributed by atoms with Gasteiger partial charge in [0.05, 0.1) is 17.9 Å². The maximum atomic E-state index is 12.6. The zero-order valence-corrected chi connectivity index (χ0v) is 17.9. The van der Waals surface area contributed by atoms with E-state index in [1.165, 1.54) is 0 Å². The Morgan fingerprint density at radius 3 is 2.28 bits per heavy atom. The lowest BCUT2D eigenvalue weighted by molar-refractivity contribution is -0.120. The molecule has 0 unspecified atom stereocenters. The minimum absolute atomic E-state index is 0.0705. The number of rotatable bonds is 9. The van der Waals surface area contributed by atoms with Gasteiger partial charge in [-0.25, -0.2) is 8.42 Å². The number of benzene rings is 2. The summed E-state index contributed by atoms with van der Waals surface area (Å²) in [4.78, 5) is 13.4. The SMILES string of the molecule is CCCc1ccc(S(=O)(=O)Nc2ccc(CC(=O)NCc3cccs3)cc2)cc1. The van der Waals surface area contributed by atoms with Gasteiger partial charge in [-0.15, -0.1) is 11.3 Å². The molecule has 152 valence electrons. The molecule has 1 heterocycles. The summed E-state index contributed by atoms with van der Waals surface area (Å²) in [6.07, 6.45) is 2.19. The fourth-order valence-corrected chi connectivity index (χ4v) is 4.58. The average molecular weight is 429 g/mol. The molecule has 1 aromatic heterocycles. The van der Waals surface area contributed by atoms with Crippen LogP contribution in [-0.4, -0.2) is 14.3 Å². The molecule has 0 saturated heterocycles. The van der Waals surface area contributed by atoms with Crippen molar-refractivity contribution in [1.82, 2.24) is 5.32 Å². The standard InChI is InChI=1S/C22H24N2O3S2/c1-2-4-17-8-12-21(13-9-17)29(26,27)24-19-10-6-18(7-11-19)15-22(25)23-16-20-5-3-14-28-20/h3,5-14,24H,2,4,15-16H2,1H3,(H,23,25). The predicted octanol–water partition coefficient (Wildman–Crippen LogP) is 4.36. The second-order valence-corrected chi connectivity index (χ2v) is 9.44. The summed E-state index contributed by atoms with van der Waals surface area (Å²) < 4.78 is 27.7. The molecule has 29 heavy (non-hydrogen) atoms. The molecular weight excluding hydrogens is 404 g/mol. The molecule has 0 radical (unpaired) electrons. The van der Waals surface area contributed by atoms with E-state index in [1.807, 2.05) is 29.6 Å². The number of nitrogens with one attached hydrogen (secondary N) is 2. The van der Waals surface area contributed by atoms with Gasteiger partial charge in [-0.2, -0.15) is 0 Å². The molecule has 0 aliphatic rings. The normalized spacial score (nSPS) is 11.2. The summed E-state index contributed by atoms with van der Waals surface area (Å²) in [6, 6.07) is 17.7. The van der Waals surface area contributed by atoms with Crippen molar-refractivity contribution in [3.05, 3.63) is 82.0 Å². The molecular formula is C22H24N2O3S2. The Morgan fingerprint density at radius 1 is 0.966 bits per heavy atom. The van der Waals surface area contributed by atoms with Crippen LogP contribution in [-0.2, 0) is 34.2 Å². The third-order valence-electron chi connectivity index (χ3n) is 4.38. The number of aryl methyl sites for hydroxylation is 1. The first-order valence-electron chi connectivity index (χ1n) is 9.46. The summed E-state index contributed by atoms with van der Waals surface area (Å²) in [7, 11) is -3.64. The van der Waals surface area contributed by atoms with E-state index in [2.05, 4.69) is 17.0 Å². The van der Waals surface area contributed by atoms with Crippen LogP contribution in [0.1, 0.15) is 29.3 Å². The van der Waals surface area contributed by atoms with E-state index in [0.717, 1.165) is 28.8 Å². The summed E-state index contributed by atoms with van der Waals surface area (Å²) in [5.41, 5.74) is 2.40. The van der Waals surface area contributed by atoms with Gasteiger partial charge in [0.2, 0.25) is 5.91 Å². The third kappa shape index (κ3) is 6.17. The molecule has 3 aromatic rings. The molecule has 0 spiro atoms. The summed E-state index contributed by atoms with van der Waals surface area (Å²) in [5.74, 6) is -0.0705. The smallest absolute Gasteiger partial charge is 0.261 e. The Bertz CT molecular complexity index is 1030. The van der Waals surface area contributed by atoms with Crippen molar-refractivity contribution in [1.29, 1.82) is 0 Å². The topological polar surface area (TPSA) is 75.3 Å². The van der Waals surface area contributed by atoms with Crippen LogP contribution in [0.3, 0.4) is 0 Å². The zero-order chi connectivity index (χ0) is 20.7. The van der Waals surface area contributed by atoms with Crippen LogP contribution in [0.4, 0.5) is 5.69 Å². The maximum absolute atomic E-state index is 12.6. The monoisotopic (exact) mass is 428 g/mol. The Hall–Kier alpha value is -2.64. The number of hydrogen-bond donors (Lipinski definition) is 2. The Labute approximate surface area is 175 Å². The van der Waals surface area contributed by atoms with Gasteiger partial charge in [0.25, 0.3) is 10.0 Å². The quantitative estimate of drug-likeness (QED) is 0.532. The molecule has 0 bridgehead atoms. The number of anilines is 1. The lowest BCUT2D eigenvalue weighted by Crippen LogP contribution is -2.24. The van der Waals surface area contributed by atoms with E-state index < -0.39 is 10.0 Å². The van der Waals surface area contributed by atoms with E-state index >= 15 is 0 Å². The van der Waals surface area contributed by atoms with Gasteiger partial charge in [-0.05, 0) is 53.3 Å². The van der Waals surface area contributed by atoms with Crippen molar-refractivity contribution >= 4 is 33.0 Å². The molecule has 0 fully saturated rings. The Kier molecular flexibility index (Phi) is 7.06. The van der Waals surface area contributed by atoms with Gasteiger partial charge in [-0.1, -0.05) is 43.7 Å². The van der Waals surface area contributed by atoms with E-state index in [-0.39, 0.29) is 17.2 Å². The van der Waals surface area contributed by atoms with Crippen LogP contribution < -0.4 is 10.0 Å². The fraction of sp³-hybridized carbons (Fsp3) is 0.227. The molecule has 3 rings (SSSR count). The highest BCUT2D eigenvalue weighted by atomic mass is 32.2. The van der Waals surface area contributed by atoms with Crippen LogP contribution in [0.5, 0.6) is 0 Å². The number of carbonyl (C=O) groups is 1. The van der Waals surface area contributed by atoms with Gasteiger partial charge in [-0.3, -0.25) is 9.52 Å². The van der Waals surface area contributed by atoms with Crippen LogP contribution >= 0.6 is 11.3 Å². The highest BCUT2D eigenvalue weighted by molar-refractivity contribution is 7.92. The molecule has 1 amide bonds. The minimum atomic E-state index is -3.64. The first kappa shape index (κ1) is 21.1. The van der Waals surface area contributed by atoms with Crippen molar-refractivity contribution < 1.29 is 13.2 Å². The van der Waals surface area contributed by atoms with Crippen LogP contribution in [0.25, 0.3) is 0 Å². The Balaban J connectivity index is 1.57. The molecule has 7 heteroatoms. The first-order valence-corrected chi connectivity index (χ1v) is 11.8. The van der Waals surface area contributed by atoms with Crippen molar-refractivity contribution in [2.75, 3.05) is 4.72 Å². The third-order valence-corrected chi connectivity index (χ3v) is 6.66. The van der Waals surface area contributed by atoms with Gasteiger partial charge in [0, 0.05) is 10.6 Å². The van der Waals surface area contributed by atoms with Crippen molar-refractivity contribution in [3.63, 3.8) is 0 Å². The molecule has 0 atom stereocenters. The van der Waals surface area contributed by atoms with Crippen molar-refractivity contribution in [2.45, 2.75) is 37.6 Å². The highest BCUT2D eigenvalue weighted by Gasteiger charge is 2.14. The molecule has 0 aliphatic heterocycles. The van der Waals surface area contributed by atoms with E-state index in [4.69, 9.17) is 0 Å². The van der Waals surface area contributed by atoms with E-state index in [9.17, 15) is 13.2 Å². The van der Waals surface area contributed by atoms with E-state index in [0.29, 0.717) is 12.2 Å². The summed E-state index contributed by atoms with van der Waals surface area (Å²) in [6.45, 7) is 2.61. The van der Waals surface area contributed by atoms with Crippen molar-refractivity contribution in [3.8, 4) is 0 Å². The number of thiophene rings is 1. The number of carbonyl (C=O) groups excluding carboxylic acids is 1. The fourth-order valence-electron chi connectivity index (χ4n) is 2.88. The lowest BCUT2D eigenvalue weighted by atomic mass is 10.1. The van der Waals surface area contributed by atoms with Crippen LogP contribution in [0.2, 0.25) is 0 Å². The van der Waals surface area contributed by atoms with Gasteiger partial charge in [0.1, 0.15) is 0 Å². The Morgan fingerprint density at radius 2 is 1.66 bits per heavy atom. The predicted molar refractivity (Wildman–Crippen MR) is 118 cm³/mol. The number of hydrogen-bond acceptors (Lipinski definition) is 4. The number of sulfonamides is 1. The van der Waals surface area contributed by atoms with Crippen LogP contribution in [0, 0.1) is 0 Å². The van der Waals surface area contributed by atoms with Gasteiger partial charge >= 0.3 is 0 Å². The second kappa shape index (κ2) is 9.71.